The van der Waals surface area contributed by atoms with Gasteiger partial charge in [0.1, 0.15) is 17.3 Å². The van der Waals surface area contributed by atoms with Crippen LogP contribution in [0.2, 0.25) is 0 Å². The molecule has 7 heteroatoms. The standard InChI is InChI=1S/C16H21FN2.C11H12F2N2/c1-11-8-13-12-6-4-5-7-14(12)18-15(13)9-19(11)10-16(2,3)17;12-8-1-9(13)3-10(2-8)15-6-11(7-15)4-14-5-11/h4-7,11,18H,8-10H2,1-3H3;1-3,14H,4-7H2. The molecule has 6 rings (SSSR count). The maximum Gasteiger partial charge on any atom is 0.128 e. The van der Waals surface area contributed by atoms with Gasteiger partial charge in [-0.05, 0) is 51.0 Å². The molecule has 0 saturated carbocycles. The normalized spacial score (nSPS) is 21.5. The molecule has 4 nitrogen and oxygen atoms in total. The zero-order valence-corrected chi connectivity index (χ0v) is 20.1. The summed E-state index contributed by atoms with van der Waals surface area (Å²) in [6.45, 7) is 10.7. The van der Waals surface area contributed by atoms with Crippen LogP contribution in [0.1, 0.15) is 32.0 Å². The summed E-state index contributed by atoms with van der Waals surface area (Å²) in [7, 11) is 0. The summed E-state index contributed by atoms with van der Waals surface area (Å²) in [6.07, 6.45) is 0.995. The van der Waals surface area contributed by atoms with Crippen molar-refractivity contribution in [1.29, 1.82) is 0 Å². The lowest BCUT2D eigenvalue weighted by Crippen LogP contribution is -2.71. The zero-order valence-electron chi connectivity index (χ0n) is 20.1. The number of alkyl halides is 1. The first-order valence-electron chi connectivity index (χ1n) is 12.0. The maximum atomic E-state index is 13.9. The predicted octanol–water partition coefficient (Wildman–Crippen LogP) is 5.04. The number of aromatic nitrogens is 1. The minimum absolute atomic E-state index is 0.378. The fraction of sp³-hybridized carbons (Fsp3) is 0.481. The molecule has 0 radical (unpaired) electrons. The molecular weight excluding hydrogens is 437 g/mol. The van der Waals surface area contributed by atoms with E-state index in [2.05, 4.69) is 46.4 Å². The molecule has 1 aromatic heterocycles. The van der Waals surface area contributed by atoms with Gasteiger partial charge in [0.25, 0.3) is 0 Å². The van der Waals surface area contributed by atoms with Crippen LogP contribution in [0.25, 0.3) is 10.9 Å². The van der Waals surface area contributed by atoms with Crippen molar-refractivity contribution in [2.75, 3.05) is 37.6 Å². The summed E-state index contributed by atoms with van der Waals surface area (Å²) in [5.41, 5.74) is 3.76. The molecule has 0 amide bonds. The van der Waals surface area contributed by atoms with E-state index in [1.54, 1.807) is 13.8 Å². The molecular formula is C27H33F3N4. The fourth-order valence-electron chi connectivity index (χ4n) is 5.47. The van der Waals surface area contributed by atoms with Gasteiger partial charge in [-0.25, -0.2) is 13.2 Å². The van der Waals surface area contributed by atoms with Crippen LogP contribution in [0.3, 0.4) is 0 Å². The number of hydrogen-bond acceptors (Lipinski definition) is 3. The average Bonchev–Trinajstić information content (AvgIpc) is 3.02. The molecule has 34 heavy (non-hydrogen) atoms. The third-order valence-electron chi connectivity index (χ3n) is 7.23. The van der Waals surface area contributed by atoms with Gasteiger partial charge in [0.2, 0.25) is 0 Å². The van der Waals surface area contributed by atoms with Gasteiger partial charge in [-0.1, -0.05) is 18.2 Å². The number of benzene rings is 2. The van der Waals surface area contributed by atoms with Crippen LogP contribution in [-0.4, -0.2) is 54.3 Å². The van der Waals surface area contributed by atoms with E-state index in [4.69, 9.17) is 0 Å². The van der Waals surface area contributed by atoms with Gasteiger partial charge in [0.05, 0.1) is 0 Å². The van der Waals surface area contributed by atoms with Crippen molar-refractivity contribution < 1.29 is 13.2 Å². The third kappa shape index (κ3) is 4.68. The number of fused-ring (bicyclic) bond motifs is 3. The van der Waals surface area contributed by atoms with Crippen LogP contribution < -0.4 is 10.2 Å². The summed E-state index contributed by atoms with van der Waals surface area (Å²) < 4.78 is 39.8. The molecule has 0 bridgehead atoms. The summed E-state index contributed by atoms with van der Waals surface area (Å²) in [5, 5.41) is 4.55. The van der Waals surface area contributed by atoms with Crippen molar-refractivity contribution >= 4 is 16.6 Å². The number of H-pyrrole nitrogens is 1. The lowest BCUT2D eigenvalue weighted by molar-refractivity contribution is 0.0853. The van der Waals surface area contributed by atoms with Gasteiger partial charge in [-0.3, -0.25) is 4.90 Å². The molecule has 2 saturated heterocycles. The molecule has 3 aromatic rings. The maximum absolute atomic E-state index is 13.9. The molecule has 4 heterocycles. The topological polar surface area (TPSA) is 34.3 Å². The number of hydrogen-bond donors (Lipinski definition) is 2. The summed E-state index contributed by atoms with van der Waals surface area (Å²) in [6, 6.07) is 12.5. The van der Waals surface area contributed by atoms with Crippen molar-refractivity contribution in [3.05, 3.63) is 65.4 Å². The smallest absolute Gasteiger partial charge is 0.128 e. The second kappa shape index (κ2) is 8.61. The Balaban J connectivity index is 0.000000145. The highest BCUT2D eigenvalue weighted by Gasteiger charge is 2.47. The van der Waals surface area contributed by atoms with Crippen molar-refractivity contribution in [2.45, 2.75) is 45.4 Å². The minimum Gasteiger partial charge on any atom is -0.370 e. The Hall–Kier alpha value is -2.51. The largest absolute Gasteiger partial charge is 0.370 e. The predicted molar refractivity (Wildman–Crippen MR) is 131 cm³/mol. The highest BCUT2D eigenvalue weighted by atomic mass is 19.1. The second-order valence-corrected chi connectivity index (χ2v) is 10.9. The second-order valence-electron chi connectivity index (χ2n) is 10.9. The SMILES string of the molecule is CC1Cc2c([nH]c3ccccc23)CN1CC(C)(C)F.Fc1cc(F)cc(N2CC3(CNC3)C2)c1. The van der Waals surface area contributed by atoms with Gasteiger partial charge in [0, 0.05) is 79.1 Å². The Bertz CT molecular complexity index is 1150. The number of nitrogens with one attached hydrogen (secondary N) is 2. The van der Waals surface area contributed by atoms with E-state index in [1.165, 1.54) is 34.3 Å². The first-order valence-corrected chi connectivity index (χ1v) is 12.0. The molecule has 3 aliphatic heterocycles. The number of halogens is 3. The molecule has 182 valence electrons. The van der Waals surface area contributed by atoms with Crippen LogP contribution in [0, 0.1) is 17.0 Å². The van der Waals surface area contributed by atoms with Gasteiger partial charge in [-0.2, -0.15) is 0 Å². The summed E-state index contributed by atoms with van der Waals surface area (Å²) >= 11 is 0. The number of anilines is 1. The monoisotopic (exact) mass is 470 g/mol. The van der Waals surface area contributed by atoms with E-state index in [0.717, 1.165) is 45.2 Å². The van der Waals surface area contributed by atoms with E-state index in [-0.39, 0.29) is 0 Å². The Kier molecular flexibility index (Phi) is 5.89. The van der Waals surface area contributed by atoms with Crippen LogP contribution in [-0.2, 0) is 13.0 Å². The van der Waals surface area contributed by atoms with Crippen molar-refractivity contribution in [2.24, 2.45) is 5.41 Å². The summed E-state index contributed by atoms with van der Waals surface area (Å²) in [4.78, 5) is 7.74. The first-order chi connectivity index (χ1) is 16.1. The van der Waals surface area contributed by atoms with Crippen molar-refractivity contribution in [1.82, 2.24) is 15.2 Å². The van der Waals surface area contributed by atoms with E-state index < -0.39 is 17.3 Å². The fourth-order valence-corrected chi connectivity index (χ4v) is 5.47. The van der Waals surface area contributed by atoms with Gasteiger partial charge in [-0.15, -0.1) is 0 Å². The molecule has 1 unspecified atom stereocenters. The average molecular weight is 471 g/mol. The lowest BCUT2D eigenvalue weighted by Gasteiger charge is -2.57. The van der Waals surface area contributed by atoms with E-state index in [1.807, 2.05) is 4.90 Å². The zero-order chi connectivity index (χ0) is 24.1. The number of aromatic amines is 1. The van der Waals surface area contributed by atoms with E-state index >= 15 is 0 Å². The quantitative estimate of drug-likeness (QED) is 0.563. The van der Waals surface area contributed by atoms with Crippen molar-refractivity contribution in [3.8, 4) is 0 Å². The Labute approximate surface area is 199 Å². The molecule has 2 fully saturated rings. The molecule has 1 spiro atoms. The van der Waals surface area contributed by atoms with Crippen LogP contribution in [0.5, 0.6) is 0 Å². The highest BCUT2D eigenvalue weighted by molar-refractivity contribution is 5.84. The molecule has 0 aliphatic carbocycles. The Morgan fingerprint density at radius 2 is 1.74 bits per heavy atom. The van der Waals surface area contributed by atoms with Gasteiger partial charge >= 0.3 is 0 Å². The molecule has 2 N–H and O–H groups in total. The summed E-state index contributed by atoms with van der Waals surface area (Å²) in [5.74, 6) is -1.00. The highest BCUT2D eigenvalue weighted by Crippen LogP contribution is 2.37. The van der Waals surface area contributed by atoms with Crippen LogP contribution in [0.15, 0.2) is 42.5 Å². The third-order valence-corrected chi connectivity index (χ3v) is 7.23. The molecule has 2 aromatic carbocycles. The Morgan fingerprint density at radius 1 is 1.06 bits per heavy atom. The lowest BCUT2D eigenvalue weighted by atomic mass is 9.74. The Morgan fingerprint density at radius 3 is 2.35 bits per heavy atom. The molecule has 1 atom stereocenters. The van der Waals surface area contributed by atoms with E-state index in [0.29, 0.717) is 23.7 Å². The van der Waals surface area contributed by atoms with E-state index in [9.17, 15) is 13.2 Å². The number of rotatable bonds is 3. The molecule has 3 aliphatic rings. The minimum atomic E-state index is -1.14. The first kappa shape index (κ1) is 23.2. The van der Waals surface area contributed by atoms with Crippen LogP contribution in [0.4, 0.5) is 18.9 Å². The number of nitrogens with zero attached hydrogens (tertiary/aromatic N) is 2. The van der Waals surface area contributed by atoms with Gasteiger partial charge < -0.3 is 15.2 Å². The van der Waals surface area contributed by atoms with Crippen molar-refractivity contribution in [3.63, 3.8) is 0 Å². The number of para-hydroxylation sites is 1. The van der Waals surface area contributed by atoms with Gasteiger partial charge in [0.15, 0.2) is 0 Å². The van der Waals surface area contributed by atoms with Crippen LogP contribution >= 0.6 is 0 Å².